The molecule has 3 aromatic rings. The Balaban J connectivity index is 1.25. The second-order valence-electron chi connectivity index (χ2n) is 9.94. The molecule has 38 heavy (non-hydrogen) atoms. The van der Waals surface area contributed by atoms with Gasteiger partial charge in [-0.2, -0.15) is 0 Å². The molecule has 1 aromatic heterocycles. The largest absolute Gasteiger partial charge is 0.497 e. The number of hydrogen-bond acceptors (Lipinski definition) is 5. The van der Waals surface area contributed by atoms with E-state index in [4.69, 9.17) is 21.3 Å². The Morgan fingerprint density at radius 1 is 0.868 bits per heavy atom. The number of ether oxygens (including phenoxy) is 1. The Morgan fingerprint density at radius 2 is 1.58 bits per heavy atom. The molecule has 198 valence electrons. The van der Waals surface area contributed by atoms with Gasteiger partial charge in [0.1, 0.15) is 5.75 Å². The zero-order valence-corrected chi connectivity index (χ0v) is 22.7. The predicted octanol–water partition coefficient (Wildman–Crippen LogP) is 5.03. The number of hydrogen-bond donors (Lipinski definition) is 0. The number of amides is 2. The van der Waals surface area contributed by atoms with Crippen molar-refractivity contribution in [2.75, 3.05) is 51.3 Å². The maximum Gasteiger partial charge on any atom is 0.255 e. The van der Waals surface area contributed by atoms with Crippen molar-refractivity contribution in [3.8, 4) is 5.75 Å². The Bertz CT molecular complexity index is 1310. The maximum atomic E-state index is 13.7. The molecular weight excluding hydrogens is 500 g/mol. The van der Waals surface area contributed by atoms with Crippen molar-refractivity contribution in [1.82, 2.24) is 14.8 Å². The average molecular weight is 533 g/mol. The van der Waals surface area contributed by atoms with Gasteiger partial charge in [0.15, 0.2) is 0 Å². The van der Waals surface area contributed by atoms with Crippen LogP contribution < -0.4 is 9.64 Å². The third-order valence-electron chi connectivity index (χ3n) is 7.52. The SMILES string of the molecule is COc1cccc(N2CCN(C(=O)c3ccc(C)nc3C3CCN(C(=O)c4cccc(Cl)c4)CC3)CC2)c1. The fraction of sp³-hybridized carbons (Fsp3) is 0.367. The third-order valence-corrected chi connectivity index (χ3v) is 7.76. The van der Waals surface area contributed by atoms with E-state index in [1.54, 1.807) is 31.4 Å². The molecular formula is C30H33ClN4O3. The Hall–Kier alpha value is -3.58. The molecule has 0 aliphatic carbocycles. The van der Waals surface area contributed by atoms with Gasteiger partial charge in [-0.05, 0) is 62.2 Å². The average Bonchev–Trinajstić information content (AvgIpc) is 2.96. The van der Waals surface area contributed by atoms with Crippen LogP contribution >= 0.6 is 11.6 Å². The quantitative estimate of drug-likeness (QED) is 0.461. The number of halogens is 1. The van der Waals surface area contributed by atoms with Crippen molar-refractivity contribution in [3.05, 3.63) is 88.2 Å². The van der Waals surface area contributed by atoms with Crippen LogP contribution in [-0.2, 0) is 0 Å². The number of piperidine rings is 1. The van der Waals surface area contributed by atoms with E-state index in [2.05, 4.69) is 11.0 Å². The van der Waals surface area contributed by atoms with E-state index >= 15 is 0 Å². The molecule has 0 atom stereocenters. The molecule has 0 radical (unpaired) electrons. The minimum absolute atomic E-state index is 0.00615. The monoisotopic (exact) mass is 532 g/mol. The summed E-state index contributed by atoms with van der Waals surface area (Å²) >= 11 is 6.09. The Labute approximate surface area is 229 Å². The highest BCUT2D eigenvalue weighted by Gasteiger charge is 2.31. The van der Waals surface area contributed by atoms with Gasteiger partial charge in [0.2, 0.25) is 0 Å². The molecule has 3 heterocycles. The van der Waals surface area contributed by atoms with Crippen LogP contribution in [0.2, 0.25) is 5.02 Å². The summed E-state index contributed by atoms with van der Waals surface area (Å²) in [5, 5.41) is 0.558. The van der Waals surface area contributed by atoms with Crippen LogP contribution in [0.3, 0.4) is 0 Å². The van der Waals surface area contributed by atoms with Crippen molar-refractivity contribution in [2.24, 2.45) is 0 Å². The number of carbonyl (C=O) groups excluding carboxylic acids is 2. The molecule has 8 heteroatoms. The van der Waals surface area contributed by atoms with Crippen LogP contribution in [-0.4, -0.2) is 73.0 Å². The summed E-state index contributed by atoms with van der Waals surface area (Å²) in [5.74, 6) is 0.996. The van der Waals surface area contributed by atoms with Crippen LogP contribution in [0.4, 0.5) is 5.69 Å². The normalized spacial score (nSPS) is 16.4. The lowest BCUT2D eigenvalue weighted by molar-refractivity contribution is 0.0702. The number of rotatable bonds is 5. The van der Waals surface area contributed by atoms with Gasteiger partial charge in [-0.3, -0.25) is 14.6 Å². The second-order valence-corrected chi connectivity index (χ2v) is 10.4. The second kappa shape index (κ2) is 11.4. The predicted molar refractivity (Wildman–Crippen MR) is 149 cm³/mol. The number of benzene rings is 2. The molecule has 5 rings (SSSR count). The topological polar surface area (TPSA) is 66.0 Å². The minimum atomic E-state index is -0.00615. The van der Waals surface area contributed by atoms with Crippen LogP contribution in [0.1, 0.15) is 50.9 Å². The van der Waals surface area contributed by atoms with Crippen LogP contribution in [0.5, 0.6) is 5.75 Å². The molecule has 2 aromatic carbocycles. The van der Waals surface area contributed by atoms with E-state index in [-0.39, 0.29) is 17.7 Å². The number of aryl methyl sites for hydroxylation is 1. The molecule has 0 unspecified atom stereocenters. The number of carbonyl (C=O) groups is 2. The van der Waals surface area contributed by atoms with Crippen molar-refractivity contribution >= 4 is 29.1 Å². The molecule has 0 saturated carbocycles. The lowest BCUT2D eigenvalue weighted by Gasteiger charge is -2.37. The standard InChI is InChI=1S/C30H33ClN4O3/c1-21-9-10-27(30(37)35-17-15-33(16-18-35)25-7-4-8-26(20-25)38-2)28(32-21)22-11-13-34(14-12-22)29(36)23-5-3-6-24(31)19-23/h3-10,19-20,22H,11-18H2,1-2H3. The van der Waals surface area contributed by atoms with Gasteiger partial charge in [-0.15, -0.1) is 0 Å². The summed E-state index contributed by atoms with van der Waals surface area (Å²) < 4.78 is 5.36. The third kappa shape index (κ3) is 5.63. The number of likely N-dealkylation sites (tertiary alicyclic amines) is 1. The molecule has 0 N–H and O–H groups in total. The van der Waals surface area contributed by atoms with Crippen LogP contribution in [0.25, 0.3) is 0 Å². The van der Waals surface area contributed by atoms with Gasteiger partial charge in [0, 0.05) is 73.2 Å². The number of methoxy groups -OCH3 is 1. The van der Waals surface area contributed by atoms with E-state index in [9.17, 15) is 9.59 Å². The van der Waals surface area contributed by atoms with Crippen molar-refractivity contribution in [2.45, 2.75) is 25.7 Å². The lowest BCUT2D eigenvalue weighted by Crippen LogP contribution is -2.49. The Kier molecular flexibility index (Phi) is 7.84. The molecule has 2 aliphatic heterocycles. The van der Waals surface area contributed by atoms with Crippen molar-refractivity contribution < 1.29 is 14.3 Å². The molecule has 0 spiro atoms. The number of pyridine rings is 1. The summed E-state index contributed by atoms with van der Waals surface area (Å²) in [7, 11) is 1.67. The minimum Gasteiger partial charge on any atom is -0.497 e. The smallest absolute Gasteiger partial charge is 0.255 e. The van der Waals surface area contributed by atoms with Crippen LogP contribution in [0, 0.1) is 6.92 Å². The zero-order chi connectivity index (χ0) is 26.6. The molecule has 7 nitrogen and oxygen atoms in total. The van der Waals surface area contributed by atoms with Gasteiger partial charge in [-0.1, -0.05) is 23.7 Å². The van der Waals surface area contributed by atoms with Crippen molar-refractivity contribution in [3.63, 3.8) is 0 Å². The first-order chi connectivity index (χ1) is 18.4. The first-order valence-electron chi connectivity index (χ1n) is 13.1. The van der Waals surface area contributed by atoms with E-state index < -0.39 is 0 Å². The van der Waals surface area contributed by atoms with E-state index in [1.165, 1.54) is 0 Å². The van der Waals surface area contributed by atoms with Crippen LogP contribution in [0.15, 0.2) is 60.7 Å². The van der Waals surface area contributed by atoms with E-state index in [0.29, 0.717) is 42.3 Å². The number of aromatic nitrogens is 1. The molecule has 2 amide bonds. The highest BCUT2D eigenvalue weighted by molar-refractivity contribution is 6.30. The summed E-state index contributed by atoms with van der Waals surface area (Å²) in [4.78, 5) is 37.6. The highest BCUT2D eigenvalue weighted by Crippen LogP contribution is 2.31. The van der Waals surface area contributed by atoms with Gasteiger partial charge >= 0.3 is 0 Å². The van der Waals surface area contributed by atoms with Gasteiger partial charge in [0.25, 0.3) is 11.8 Å². The Morgan fingerprint density at radius 3 is 2.29 bits per heavy atom. The zero-order valence-electron chi connectivity index (χ0n) is 21.9. The number of piperazine rings is 1. The van der Waals surface area contributed by atoms with E-state index in [0.717, 1.165) is 48.8 Å². The summed E-state index contributed by atoms with van der Waals surface area (Å²) in [6.45, 7) is 6.03. The van der Waals surface area contributed by atoms with Gasteiger partial charge < -0.3 is 19.4 Å². The first kappa shape index (κ1) is 26.0. The van der Waals surface area contributed by atoms with Crippen molar-refractivity contribution in [1.29, 1.82) is 0 Å². The molecule has 2 aliphatic rings. The molecule has 2 fully saturated rings. The summed E-state index contributed by atoms with van der Waals surface area (Å²) in [5.41, 5.74) is 4.16. The summed E-state index contributed by atoms with van der Waals surface area (Å²) in [6.07, 6.45) is 1.54. The van der Waals surface area contributed by atoms with Gasteiger partial charge in [-0.25, -0.2) is 0 Å². The summed E-state index contributed by atoms with van der Waals surface area (Å²) in [6, 6.07) is 19.0. The molecule has 2 saturated heterocycles. The fourth-order valence-corrected chi connectivity index (χ4v) is 5.56. The maximum absolute atomic E-state index is 13.7. The van der Waals surface area contributed by atoms with Gasteiger partial charge in [0.05, 0.1) is 18.4 Å². The van der Waals surface area contributed by atoms with E-state index in [1.807, 2.05) is 47.1 Å². The fourth-order valence-electron chi connectivity index (χ4n) is 5.37. The lowest BCUT2D eigenvalue weighted by atomic mass is 9.89. The number of nitrogens with zero attached hydrogens (tertiary/aromatic N) is 4. The molecule has 0 bridgehead atoms. The first-order valence-corrected chi connectivity index (χ1v) is 13.5. The highest BCUT2D eigenvalue weighted by atomic mass is 35.5. The number of anilines is 1.